The van der Waals surface area contributed by atoms with Crippen LogP contribution in [0.15, 0.2) is 41.3 Å². The third-order valence-electron chi connectivity index (χ3n) is 5.07. The van der Waals surface area contributed by atoms with Crippen LogP contribution >= 0.6 is 0 Å². The van der Waals surface area contributed by atoms with Gasteiger partial charge in [0.05, 0.1) is 30.1 Å². The van der Waals surface area contributed by atoms with Crippen molar-refractivity contribution in [3.63, 3.8) is 0 Å². The van der Waals surface area contributed by atoms with Gasteiger partial charge in [-0.1, -0.05) is 18.9 Å². The zero-order valence-electron chi connectivity index (χ0n) is 14.0. The molecule has 1 aliphatic carbocycles. The molecule has 1 N–H and O–H groups in total. The fraction of sp³-hybridized carbons (Fsp3) is 0.421. The predicted octanol–water partition coefficient (Wildman–Crippen LogP) is 2.22. The summed E-state index contributed by atoms with van der Waals surface area (Å²) in [6, 6.07) is 8.94. The van der Waals surface area contributed by atoms with Gasteiger partial charge < -0.3 is 14.6 Å². The average Bonchev–Trinajstić information content (AvgIpc) is 2.67. The van der Waals surface area contributed by atoms with Crippen LogP contribution in [0, 0.1) is 0 Å². The van der Waals surface area contributed by atoms with Gasteiger partial charge in [-0.15, -0.1) is 0 Å². The van der Waals surface area contributed by atoms with Crippen LogP contribution in [-0.2, 0) is 4.74 Å². The van der Waals surface area contributed by atoms with E-state index < -0.39 is 0 Å². The first-order valence-electron chi connectivity index (χ1n) is 8.81. The van der Waals surface area contributed by atoms with Gasteiger partial charge in [-0.3, -0.25) is 14.6 Å². The Bertz CT molecular complexity index is 816. The highest BCUT2D eigenvalue weighted by Crippen LogP contribution is 2.29. The summed E-state index contributed by atoms with van der Waals surface area (Å²) in [5.41, 5.74) is 1.11. The number of pyridine rings is 2. The molecule has 1 saturated heterocycles. The van der Waals surface area contributed by atoms with Crippen LogP contribution in [0.3, 0.4) is 0 Å². The van der Waals surface area contributed by atoms with Crippen LogP contribution in [0.2, 0.25) is 0 Å². The molecule has 2 atom stereocenters. The molecule has 0 unspecified atom stereocenters. The number of fused-ring (bicyclic) bond motifs is 1. The molecular formula is C19H21N3O3. The van der Waals surface area contributed by atoms with Crippen LogP contribution < -0.4 is 5.56 Å². The van der Waals surface area contributed by atoms with Crippen LogP contribution in [-0.4, -0.2) is 46.1 Å². The summed E-state index contributed by atoms with van der Waals surface area (Å²) >= 11 is 0. The second-order valence-electron chi connectivity index (χ2n) is 6.59. The second-order valence-corrected chi connectivity index (χ2v) is 6.59. The van der Waals surface area contributed by atoms with Crippen LogP contribution in [0.1, 0.15) is 36.0 Å². The predicted molar refractivity (Wildman–Crippen MR) is 93.3 cm³/mol. The van der Waals surface area contributed by atoms with Crippen molar-refractivity contribution in [2.75, 3.05) is 13.2 Å². The Hall–Kier alpha value is -2.47. The average molecular weight is 339 g/mol. The van der Waals surface area contributed by atoms with E-state index in [2.05, 4.69) is 9.97 Å². The number of H-pyrrole nitrogens is 1. The lowest BCUT2D eigenvalue weighted by Crippen LogP contribution is -2.55. The maximum atomic E-state index is 13.0. The summed E-state index contributed by atoms with van der Waals surface area (Å²) < 4.78 is 5.82. The maximum Gasteiger partial charge on any atom is 0.261 e. The number of nitrogens with zero attached hydrogens (tertiary/aromatic N) is 2. The van der Waals surface area contributed by atoms with Crippen molar-refractivity contribution >= 4 is 5.91 Å². The number of rotatable bonds is 2. The fourth-order valence-electron chi connectivity index (χ4n) is 3.82. The third-order valence-corrected chi connectivity index (χ3v) is 5.07. The summed E-state index contributed by atoms with van der Waals surface area (Å²) in [7, 11) is 0. The number of hydrogen-bond donors (Lipinski definition) is 1. The van der Waals surface area contributed by atoms with Gasteiger partial charge in [0.1, 0.15) is 5.56 Å². The molecule has 0 spiro atoms. The van der Waals surface area contributed by atoms with E-state index >= 15 is 0 Å². The van der Waals surface area contributed by atoms with E-state index in [0.29, 0.717) is 24.5 Å². The topological polar surface area (TPSA) is 75.3 Å². The van der Waals surface area contributed by atoms with Crippen molar-refractivity contribution in [1.82, 2.24) is 14.9 Å². The minimum atomic E-state index is -0.369. The zero-order chi connectivity index (χ0) is 17.2. The second kappa shape index (κ2) is 6.80. The molecule has 1 amide bonds. The van der Waals surface area contributed by atoms with Gasteiger partial charge in [0.2, 0.25) is 0 Å². The van der Waals surface area contributed by atoms with Crippen LogP contribution in [0.25, 0.3) is 11.4 Å². The molecule has 130 valence electrons. The minimum Gasteiger partial charge on any atom is -0.374 e. The molecule has 0 aromatic carbocycles. The lowest BCUT2D eigenvalue weighted by Gasteiger charge is -2.43. The molecule has 2 aromatic rings. The third kappa shape index (κ3) is 3.09. The molecule has 0 radical (unpaired) electrons. The Balaban J connectivity index is 1.61. The molecule has 2 aromatic heterocycles. The number of aromatic amines is 1. The van der Waals surface area contributed by atoms with E-state index in [0.717, 1.165) is 25.7 Å². The van der Waals surface area contributed by atoms with Crippen molar-refractivity contribution in [2.45, 2.75) is 37.8 Å². The highest BCUT2D eigenvalue weighted by atomic mass is 16.5. The smallest absolute Gasteiger partial charge is 0.261 e. The SMILES string of the molecule is O=C(c1ccc(-c2ccccn2)[nH]c1=O)N1CCO[C@H]2CCCC[C@H]21. The lowest BCUT2D eigenvalue weighted by molar-refractivity contribution is -0.0753. The van der Waals surface area contributed by atoms with Crippen molar-refractivity contribution in [1.29, 1.82) is 0 Å². The Morgan fingerprint density at radius 3 is 2.88 bits per heavy atom. The minimum absolute atomic E-state index is 0.0878. The molecule has 6 nitrogen and oxygen atoms in total. The largest absolute Gasteiger partial charge is 0.374 e. The maximum absolute atomic E-state index is 13.0. The molecule has 3 heterocycles. The number of morpholine rings is 1. The molecule has 2 aliphatic rings. The molecule has 1 saturated carbocycles. The molecule has 4 rings (SSSR count). The van der Waals surface area contributed by atoms with Gasteiger partial charge >= 0.3 is 0 Å². The van der Waals surface area contributed by atoms with E-state index in [-0.39, 0.29) is 29.2 Å². The molecule has 2 fully saturated rings. The van der Waals surface area contributed by atoms with E-state index in [1.807, 2.05) is 23.1 Å². The van der Waals surface area contributed by atoms with Crippen LogP contribution in [0.4, 0.5) is 0 Å². The van der Waals surface area contributed by atoms with Crippen molar-refractivity contribution in [3.8, 4) is 11.4 Å². The van der Waals surface area contributed by atoms with Crippen molar-refractivity contribution in [3.05, 3.63) is 52.4 Å². The molecule has 0 bridgehead atoms. The Kier molecular flexibility index (Phi) is 4.36. The molecule has 6 heteroatoms. The summed E-state index contributed by atoms with van der Waals surface area (Å²) in [5.74, 6) is -0.200. The number of carbonyl (C=O) groups excluding carboxylic acids is 1. The number of ether oxygens (including phenoxy) is 1. The molecule has 25 heavy (non-hydrogen) atoms. The quantitative estimate of drug-likeness (QED) is 0.910. The van der Waals surface area contributed by atoms with E-state index in [1.54, 1.807) is 18.3 Å². The summed E-state index contributed by atoms with van der Waals surface area (Å²) in [4.78, 5) is 34.3. The van der Waals surface area contributed by atoms with E-state index in [4.69, 9.17) is 4.74 Å². The molecule has 1 aliphatic heterocycles. The van der Waals surface area contributed by atoms with Gasteiger partial charge in [0.25, 0.3) is 11.5 Å². The van der Waals surface area contributed by atoms with Gasteiger partial charge in [-0.25, -0.2) is 0 Å². The summed E-state index contributed by atoms with van der Waals surface area (Å²) in [5, 5.41) is 0. The lowest BCUT2D eigenvalue weighted by atomic mass is 9.90. The normalized spacial score (nSPS) is 23.1. The van der Waals surface area contributed by atoms with Crippen molar-refractivity contribution < 1.29 is 9.53 Å². The summed E-state index contributed by atoms with van der Waals surface area (Å²) in [6.45, 7) is 1.08. The summed E-state index contributed by atoms with van der Waals surface area (Å²) in [6.07, 6.45) is 5.96. The Labute approximate surface area is 145 Å². The van der Waals surface area contributed by atoms with E-state index in [1.165, 1.54) is 0 Å². The number of nitrogens with one attached hydrogen (secondary N) is 1. The molecular weight excluding hydrogens is 318 g/mol. The first kappa shape index (κ1) is 16.0. The first-order valence-corrected chi connectivity index (χ1v) is 8.81. The highest BCUT2D eigenvalue weighted by molar-refractivity contribution is 5.94. The van der Waals surface area contributed by atoms with Gasteiger partial charge in [0, 0.05) is 12.7 Å². The van der Waals surface area contributed by atoms with Gasteiger partial charge in [0.15, 0.2) is 0 Å². The number of hydrogen-bond acceptors (Lipinski definition) is 4. The van der Waals surface area contributed by atoms with E-state index in [9.17, 15) is 9.59 Å². The monoisotopic (exact) mass is 339 g/mol. The highest BCUT2D eigenvalue weighted by Gasteiger charge is 2.37. The number of amides is 1. The standard InChI is InChI=1S/C19H21N3O3/c23-18-13(8-9-15(21-18)14-5-3-4-10-20-14)19(24)22-11-12-25-17-7-2-1-6-16(17)22/h3-5,8-10,16-17H,1-2,6-7,11-12H2,(H,21,23)/t16-,17+/m1/s1. The zero-order valence-corrected chi connectivity index (χ0v) is 14.0. The van der Waals surface area contributed by atoms with Crippen LogP contribution in [0.5, 0.6) is 0 Å². The number of carbonyl (C=O) groups is 1. The first-order chi connectivity index (χ1) is 12.2. The Morgan fingerprint density at radius 1 is 1.20 bits per heavy atom. The van der Waals surface area contributed by atoms with Crippen molar-refractivity contribution in [2.24, 2.45) is 0 Å². The van der Waals surface area contributed by atoms with Gasteiger partial charge in [-0.05, 0) is 37.1 Å². The fourth-order valence-corrected chi connectivity index (χ4v) is 3.82. The number of aromatic nitrogens is 2. The Morgan fingerprint density at radius 2 is 2.08 bits per heavy atom. The van der Waals surface area contributed by atoms with Gasteiger partial charge in [-0.2, -0.15) is 0 Å².